The highest BCUT2D eigenvalue weighted by atomic mass is 16.5. The fourth-order valence-electron chi connectivity index (χ4n) is 2.73. The molecule has 3 rings (SSSR count). The van der Waals surface area contributed by atoms with Gasteiger partial charge in [0.15, 0.2) is 0 Å². The summed E-state index contributed by atoms with van der Waals surface area (Å²) in [6, 6.07) is 7.86. The van der Waals surface area contributed by atoms with Crippen LogP contribution in [0.25, 0.3) is 0 Å². The lowest BCUT2D eigenvalue weighted by Gasteiger charge is -2.25. The molecule has 2 heterocycles. The van der Waals surface area contributed by atoms with Gasteiger partial charge >= 0.3 is 5.69 Å². The molecule has 0 radical (unpaired) electrons. The molecule has 1 aliphatic heterocycles. The lowest BCUT2D eigenvalue weighted by Crippen LogP contribution is -2.39. The first-order valence-electron chi connectivity index (χ1n) is 7.80. The number of amides is 1. The number of H-pyrrole nitrogens is 1. The first-order valence-corrected chi connectivity index (χ1v) is 7.80. The minimum Gasteiger partial charge on any atom is -0.493 e. The molecule has 1 amide bonds. The third-order valence-electron chi connectivity index (χ3n) is 4.05. The highest BCUT2D eigenvalue weighted by Gasteiger charge is 2.20. The summed E-state index contributed by atoms with van der Waals surface area (Å²) in [4.78, 5) is 37.2. The largest absolute Gasteiger partial charge is 0.493 e. The monoisotopic (exact) mass is 329 g/mol. The number of aromatic amines is 1. The molecule has 24 heavy (non-hydrogen) atoms. The van der Waals surface area contributed by atoms with Gasteiger partial charge in [0.25, 0.3) is 5.56 Å². The van der Waals surface area contributed by atoms with E-state index in [9.17, 15) is 14.4 Å². The van der Waals surface area contributed by atoms with Crippen molar-refractivity contribution in [2.45, 2.75) is 19.9 Å². The fourth-order valence-corrected chi connectivity index (χ4v) is 2.73. The molecule has 0 spiro atoms. The molecule has 0 fully saturated rings. The van der Waals surface area contributed by atoms with Gasteiger partial charge in [0.1, 0.15) is 12.3 Å². The van der Waals surface area contributed by atoms with Gasteiger partial charge in [0, 0.05) is 24.2 Å². The number of carbonyl (C=O) groups excluding carboxylic acids is 1. The molecule has 0 saturated heterocycles. The number of fused-ring (bicyclic) bond motifs is 1. The molecule has 7 heteroatoms. The summed E-state index contributed by atoms with van der Waals surface area (Å²) in [5.41, 5.74) is 0.500. The number of aromatic nitrogens is 2. The molecule has 1 aromatic heterocycles. The van der Waals surface area contributed by atoms with Crippen LogP contribution < -0.4 is 21.3 Å². The van der Waals surface area contributed by atoms with Crippen LogP contribution in [0, 0.1) is 12.8 Å². The molecule has 1 aromatic carbocycles. The molecule has 2 N–H and O–H groups in total. The van der Waals surface area contributed by atoms with Crippen molar-refractivity contribution in [3.63, 3.8) is 0 Å². The number of nitrogens with one attached hydrogen (secondary N) is 2. The van der Waals surface area contributed by atoms with Gasteiger partial charge in [-0.1, -0.05) is 18.2 Å². The standard InChI is InChI=1S/C17H19N3O4/c1-11-8-20(17(23)19-16(11)22)9-15(21)18-7-12-6-13-4-2-3-5-14(13)24-10-12/h2-5,8,12H,6-7,9-10H2,1H3,(H,18,21)(H,19,22,23)/t12-/m1/s1. The SMILES string of the molecule is Cc1cn(CC(=O)NC[C@@H]2COc3ccccc3C2)c(=O)[nH]c1=O. The van der Waals surface area contributed by atoms with Gasteiger partial charge in [-0.2, -0.15) is 0 Å². The zero-order valence-electron chi connectivity index (χ0n) is 13.4. The van der Waals surface area contributed by atoms with Crippen LogP contribution in [0.4, 0.5) is 0 Å². The van der Waals surface area contributed by atoms with E-state index < -0.39 is 11.2 Å². The van der Waals surface area contributed by atoms with Crippen molar-refractivity contribution in [1.82, 2.24) is 14.9 Å². The number of rotatable bonds is 4. The molecule has 1 aliphatic rings. The van der Waals surface area contributed by atoms with E-state index in [0.717, 1.165) is 17.7 Å². The summed E-state index contributed by atoms with van der Waals surface area (Å²) >= 11 is 0. The third kappa shape index (κ3) is 3.56. The summed E-state index contributed by atoms with van der Waals surface area (Å²) in [5, 5.41) is 2.82. The maximum atomic E-state index is 12.0. The number of ether oxygens (including phenoxy) is 1. The highest BCUT2D eigenvalue weighted by molar-refractivity contribution is 5.75. The molecular weight excluding hydrogens is 310 g/mol. The van der Waals surface area contributed by atoms with Crippen LogP contribution in [-0.4, -0.2) is 28.6 Å². The van der Waals surface area contributed by atoms with Crippen LogP contribution in [-0.2, 0) is 17.8 Å². The van der Waals surface area contributed by atoms with Crippen molar-refractivity contribution < 1.29 is 9.53 Å². The summed E-state index contributed by atoms with van der Waals surface area (Å²) in [5.74, 6) is 0.815. The van der Waals surface area contributed by atoms with E-state index in [1.54, 1.807) is 6.92 Å². The smallest absolute Gasteiger partial charge is 0.328 e. The Bertz CT molecular complexity index is 869. The first-order chi connectivity index (χ1) is 11.5. The highest BCUT2D eigenvalue weighted by Crippen LogP contribution is 2.26. The maximum Gasteiger partial charge on any atom is 0.328 e. The first kappa shape index (κ1) is 16.0. The fraction of sp³-hybridized carbons (Fsp3) is 0.353. The predicted octanol–water partition coefficient (Wildman–Crippen LogP) is 0.213. The van der Waals surface area contributed by atoms with Crippen molar-refractivity contribution in [3.05, 3.63) is 62.4 Å². The molecule has 1 atom stereocenters. The molecule has 126 valence electrons. The second-order valence-electron chi connectivity index (χ2n) is 5.99. The average molecular weight is 329 g/mol. The van der Waals surface area contributed by atoms with Crippen molar-refractivity contribution >= 4 is 5.91 Å². The summed E-state index contributed by atoms with van der Waals surface area (Å²) in [7, 11) is 0. The molecule has 0 saturated carbocycles. The van der Waals surface area contributed by atoms with Crippen LogP contribution in [0.5, 0.6) is 5.75 Å². The lowest BCUT2D eigenvalue weighted by atomic mass is 9.97. The van der Waals surface area contributed by atoms with Crippen LogP contribution in [0.1, 0.15) is 11.1 Å². The molecule has 0 aliphatic carbocycles. The number of carbonyl (C=O) groups is 1. The normalized spacial score (nSPS) is 16.1. The molecular formula is C17H19N3O4. The van der Waals surface area contributed by atoms with E-state index in [0.29, 0.717) is 18.7 Å². The van der Waals surface area contributed by atoms with E-state index >= 15 is 0 Å². The topological polar surface area (TPSA) is 93.2 Å². The zero-order valence-corrected chi connectivity index (χ0v) is 13.4. The van der Waals surface area contributed by atoms with Crippen molar-refractivity contribution in [2.75, 3.05) is 13.2 Å². The number of hydrogen-bond donors (Lipinski definition) is 2. The Kier molecular flexibility index (Phi) is 4.50. The minimum atomic E-state index is -0.587. The Labute approximate surface area is 138 Å². The van der Waals surface area contributed by atoms with Gasteiger partial charge in [0.2, 0.25) is 5.91 Å². The summed E-state index contributed by atoms with van der Waals surface area (Å²) in [6.45, 7) is 2.49. The van der Waals surface area contributed by atoms with Crippen molar-refractivity contribution in [3.8, 4) is 5.75 Å². The lowest BCUT2D eigenvalue weighted by molar-refractivity contribution is -0.122. The Morgan fingerprint density at radius 3 is 3.00 bits per heavy atom. The second kappa shape index (κ2) is 6.74. The van der Waals surface area contributed by atoms with Crippen LogP contribution in [0.2, 0.25) is 0 Å². The quantitative estimate of drug-likeness (QED) is 0.839. The van der Waals surface area contributed by atoms with Crippen molar-refractivity contribution in [2.24, 2.45) is 5.92 Å². The molecule has 0 bridgehead atoms. The minimum absolute atomic E-state index is 0.124. The van der Waals surface area contributed by atoms with Gasteiger partial charge in [-0.3, -0.25) is 19.1 Å². The van der Waals surface area contributed by atoms with Gasteiger partial charge in [0.05, 0.1) is 6.61 Å². The Hall–Kier alpha value is -2.83. The average Bonchev–Trinajstić information content (AvgIpc) is 2.57. The van der Waals surface area contributed by atoms with E-state index in [1.807, 2.05) is 24.3 Å². The van der Waals surface area contributed by atoms with E-state index in [-0.39, 0.29) is 18.4 Å². The predicted molar refractivity (Wildman–Crippen MR) is 88.2 cm³/mol. The maximum absolute atomic E-state index is 12.0. The summed E-state index contributed by atoms with van der Waals surface area (Å²) < 4.78 is 6.88. The van der Waals surface area contributed by atoms with Gasteiger partial charge < -0.3 is 10.1 Å². The van der Waals surface area contributed by atoms with Gasteiger partial charge in [-0.25, -0.2) is 4.79 Å². The Morgan fingerprint density at radius 2 is 2.17 bits per heavy atom. The number of aryl methyl sites for hydroxylation is 1. The van der Waals surface area contributed by atoms with Gasteiger partial charge in [-0.15, -0.1) is 0 Å². The van der Waals surface area contributed by atoms with Crippen molar-refractivity contribution in [1.29, 1.82) is 0 Å². The van der Waals surface area contributed by atoms with E-state index in [4.69, 9.17) is 4.74 Å². The Balaban J connectivity index is 1.56. The number of para-hydroxylation sites is 1. The zero-order chi connectivity index (χ0) is 17.1. The van der Waals surface area contributed by atoms with E-state index in [2.05, 4.69) is 10.3 Å². The number of hydrogen-bond acceptors (Lipinski definition) is 4. The summed E-state index contributed by atoms with van der Waals surface area (Å²) in [6.07, 6.45) is 2.23. The Morgan fingerprint density at radius 1 is 1.38 bits per heavy atom. The molecule has 7 nitrogen and oxygen atoms in total. The number of benzene rings is 1. The molecule has 0 unspecified atom stereocenters. The second-order valence-corrected chi connectivity index (χ2v) is 5.99. The van der Waals surface area contributed by atoms with Crippen LogP contribution in [0.15, 0.2) is 40.1 Å². The van der Waals surface area contributed by atoms with Crippen LogP contribution in [0.3, 0.4) is 0 Å². The third-order valence-corrected chi connectivity index (χ3v) is 4.05. The van der Waals surface area contributed by atoms with E-state index in [1.165, 1.54) is 10.8 Å². The van der Waals surface area contributed by atoms with Crippen LogP contribution >= 0.6 is 0 Å². The molecule has 2 aromatic rings. The number of nitrogens with zero attached hydrogens (tertiary/aromatic N) is 1. The van der Waals surface area contributed by atoms with Gasteiger partial charge in [-0.05, 0) is 25.0 Å².